The highest BCUT2D eigenvalue weighted by molar-refractivity contribution is 6.33. The van der Waals surface area contributed by atoms with Gasteiger partial charge in [0, 0.05) is 0 Å². The van der Waals surface area contributed by atoms with E-state index in [0.717, 1.165) is 10.7 Å². The molecule has 0 saturated carbocycles. The predicted molar refractivity (Wildman–Crippen MR) is 58.1 cm³/mol. The maximum absolute atomic E-state index is 5.96. The molecule has 13 heavy (non-hydrogen) atoms. The Morgan fingerprint density at radius 2 is 2.23 bits per heavy atom. The van der Waals surface area contributed by atoms with E-state index in [1.165, 1.54) is 5.56 Å². The molecule has 1 rings (SSSR count). The van der Waals surface area contributed by atoms with Crippen molar-refractivity contribution in [1.29, 1.82) is 0 Å². The quantitative estimate of drug-likeness (QED) is 0.712. The standard InChI is InChI=1S/C11H12ClN/c1-3-4-7-13-11-8-9(2)5-6-10(11)12/h5-6,8,13H,7H2,1-2H3. The summed E-state index contributed by atoms with van der Waals surface area (Å²) in [5.41, 5.74) is 2.14. The second-order valence-corrected chi connectivity index (χ2v) is 3.17. The summed E-state index contributed by atoms with van der Waals surface area (Å²) in [4.78, 5) is 0. The van der Waals surface area contributed by atoms with Crippen molar-refractivity contribution in [3.63, 3.8) is 0 Å². The highest BCUT2D eigenvalue weighted by atomic mass is 35.5. The first-order valence-corrected chi connectivity index (χ1v) is 4.51. The summed E-state index contributed by atoms with van der Waals surface area (Å²) in [6.07, 6.45) is 0. The molecule has 1 aromatic rings. The van der Waals surface area contributed by atoms with Crippen LogP contribution in [-0.4, -0.2) is 6.54 Å². The average molecular weight is 194 g/mol. The number of hydrogen-bond acceptors (Lipinski definition) is 1. The van der Waals surface area contributed by atoms with E-state index >= 15 is 0 Å². The lowest BCUT2D eigenvalue weighted by atomic mass is 10.2. The van der Waals surface area contributed by atoms with Crippen molar-refractivity contribution in [1.82, 2.24) is 0 Å². The minimum atomic E-state index is 0.639. The van der Waals surface area contributed by atoms with Gasteiger partial charge in [0.2, 0.25) is 0 Å². The molecule has 0 spiro atoms. The minimum Gasteiger partial charge on any atom is -0.373 e. The van der Waals surface area contributed by atoms with Gasteiger partial charge in [-0.05, 0) is 31.5 Å². The zero-order valence-electron chi connectivity index (χ0n) is 7.82. The fraction of sp³-hybridized carbons (Fsp3) is 0.273. The number of hydrogen-bond donors (Lipinski definition) is 1. The Hall–Kier alpha value is -1.13. The van der Waals surface area contributed by atoms with Gasteiger partial charge in [-0.15, -0.1) is 5.92 Å². The molecule has 0 fully saturated rings. The summed E-state index contributed by atoms with van der Waals surface area (Å²) in [6.45, 7) is 4.49. The van der Waals surface area contributed by atoms with Gasteiger partial charge >= 0.3 is 0 Å². The second kappa shape index (κ2) is 4.79. The molecule has 0 aliphatic carbocycles. The monoisotopic (exact) mass is 193 g/mol. The normalized spacial score (nSPS) is 8.85. The van der Waals surface area contributed by atoms with Gasteiger partial charge in [0.25, 0.3) is 0 Å². The SMILES string of the molecule is CC#CCNc1cc(C)ccc1Cl. The van der Waals surface area contributed by atoms with Crippen LogP contribution in [0, 0.1) is 18.8 Å². The molecule has 0 unspecified atom stereocenters. The third-order valence-electron chi connectivity index (χ3n) is 1.67. The van der Waals surface area contributed by atoms with Gasteiger partial charge in [0.05, 0.1) is 17.3 Å². The van der Waals surface area contributed by atoms with Gasteiger partial charge in [0.1, 0.15) is 0 Å². The Balaban J connectivity index is 2.73. The summed E-state index contributed by atoms with van der Waals surface area (Å²) in [5, 5.41) is 3.89. The summed E-state index contributed by atoms with van der Waals surface area (Å²) in [5.74, 6) is 5.74. The van der Waals surface area contributed by atoms with Crippen LogP contribution in [0.3, 0.4) is 0 Å². The summed E-state index contributed by atoms with van der Waals surface area (Å²) < 4.78 is 0. The van der Waals surface area contributed by atoms with Gasteiger partial charge in [-0.25, -0.2) is 0 Å². The van der Waals surface area contributed by atoms with E-state index in [1.54, 1.807) is 0 Å². The fourth-order valence-electron chi connectivity index (χ4n) is 1.00. The van der Waals surface area contributed by atoms with Gasteiger partial charge in [-0.3, -0.25) is 0 Å². The molecule has 1 nitrogen and oxygen atoms in total. The van der Waals surface area contributed by atoms with E-state index < -0.39 is 0 Å². The van der Waals surface area contributed by atoms with E-state index in [1.807, 2.05) is 32.0 Å². The minimum absolute atomic E-state index is 0.639. The maximum atomic E-state index is 5.96. The van der Waals surface area contributed by atoms with Crippen molar-refractivity contribution in [2.45, 2.75) is 13.8 Å². The second-order valence-electron chi connectivity index (χ2n) is 2.76. The van der Waals surface area contributed by atoms with Crippen LogP contribution >= 0.6 is 11.6 Å². The van der Waals surface area contributed by atoms with Gasteiger partial charge < -0.3 is 5.32 Å². The molecule has 0 bridgehead atoms. The van der Waals surface area contributed by atoms with Crippen LogP contribution in [-0.2, 0) is 0 Å². The Kier molecular flexibility index (Phi) is 3.67. The molecule has 68 valence electrons. The molecule has 0 aromatic heterocycles. The van der Waals surface area contributed by atoms with Crippen molar-refractivity contribution in [3.8, 4) is 11.8 Å². The van der Waals surface area contributed by atoms with E-state index in [2.05, 4.69) is 17.2 Å². The molecule has 0 heterocycles. The molecule has 2 heteroatoms. The zero-order chi connectivity index (χ0) is 9.68. The molecular formula is C11H12ClN. The number of halogens is 1. The number of nitrogens with one attached hydrogen (secondary N) is 1. The summed E-state index contributed by atoms with van der Waals surface area (Å²) >= 11 is 5.96. The number of rotatable bonds is 2. The van der Waals surface area contributed by atoms with E-state index in [9.17, 15) is 0 Å². The smallest absolute Gasteiger partial charge is 0.0766 e. The van der Waals surface area contributed by atoms with E-state index in [0.29, 0.717) is 6.54 Å². The third-order valence-corrected chi connectivity index (χ3v) is 2.00. The topological polar surface area (TPSA) is 12.0 Å². The lowest BCUT2D eigenvalue weighted by Gasteiger charge is -2.05. The van der Waals surface area contributed by atoms with E-state index in [4.69, 9.17) is 11.6 Å². The first-order valence-electron chi connectivity index (χ1n) is 4.13. The van der Waals surface area contributed by atoms with Crippen molar-refractivity contribution in [2.75, 3.05) is 11.9 Å². The third kappa shape index (κ3) is 3.01. The van der Waals surface area contributed by atoms with Gasteiger partial charge in [-0.2, -0.15) is 0 Å². The summed E-state index contributed by atoms with van der Waals surface area (Å²) in [7, 11) is 0. The summed E-state index contributed by atoms with van der Waals surface area (Å²) in [6, 6.07) is 5.89. The van der Waals surface area contributed by atoms with Crippen LogP contribution in [0.15, 0.2) is 18.2 Å². The zero-order valence-corrected chi connectivity index (χ0v) is 8.57. The highest BCUT2D eigenvalue weighted by Gasteiger charge is 1.97. The molecular weight excluding hydrogens is 182 g/mol. The molecule has 1 N–H and O–H groups in total. The Labute approximate surface area is 84.1 Å². The van der Waals surface area contributed by atoms with Crippen LogP contribution in [0.5, 0.6) is 0 Å². The molecule has 0 aliphatic heterocycles. The van der Waals surface area contributed by atoms with Crippen LogP contribution in [0.1, 0.15) is 12.5 Å². The number of anilines is 1. The van der Waals surface area contributed by atoms with Crippen LogP contribution in [0.25, 0.3) is 0 Å². The predicted octanol–water partition coefficient (Wildman–Crippen LogP) is 3.08. The molecule has 0 atom stereocenters. The average Bonchev–Trinajstić information content (AvgIpc) is 2.11. The largest absolute Gasteiger partial charge is 0.373 e. The van der Waals surface area contributed by atoms with Crippen molar-refractivity contribution in [3.05, 3.63) is 28.8 Å². The van der Waals surface area contributed by atoms with E-state index in [-0.39, 0.29) is 0 Å². The van der Waals surface area contributed by atoms with Crippen molar-refractivity contribution >= 4 is 17.3 Å². The molecule has 0 radical (unpaired) electrons. The van der Waals surface area contributed by atoms with Crippen LogP contribution < -0.4 is 5.32 Å². The molecule has 0 aliphatic rings. The van der Waals surface area contributed by atoms with Crippen molar-refractivity contribution < 1.29 is 0 Å². The first kappa shape index (κ1) is 9.95. The lowest BCUT2D eigenvalue weighted by Crippen LogP contribution is -1.99. The van der Waals surface area contributed by atoms with Gasteiger partial charge in [-0.1, -0.05) is 23.6 Å². The lowest BCUT2D eigenvalue weighted by molar-refractivity contribution is 1.35. The van der Waals surface area contributed by atoms with Gasteiger partial charge in [0.15, 0.2) is 0 Å². The number of benzene rings is 1. The van der Waals surface area contributed by atoms with Crippen LogP contribution in [0.2, 0.25) is 5.02 Å². The van der Waals surface area contributed by atoms with Crippen LogP contribution in [0.4, 0.5) is 5.69 Å². The molecule has 0 saturated heterocycles. The molecule has 0 amide bonds. The Morgan fingerprint density at radius 1 is 1.46 bits per heavy atom. The Bertz CT molecular complexity index is 347. The van der Waals surface area contributed by atoms with Crippen molar-refractivity contribution in [2.24, 2.45) is 0 Å². The first-order chi connectivity index (χ1) is 6.24. The number of aryl methyl sites for hydroxylation is 1. The fourth-order valence-corrected chi connectivity index (χ4v) is 1.19. The maximum Gasteiger partial charge on any atom is 0.0766 e. The molecule has 1 aromatic carbocycles. The Morgan fingerprint density at radius 3 is 2.92 bits per heavy atom. The highest BCUT2D eigenvalue weighted by Crippen LogP contribution is 2.22.